The molecule has 0 aliphatic heterocycles. The molecule has 1 unspecified atom stereocenters. The zero-order chi connectivity index (χ0) is 11.7. The Labute approximate surface area is 102 Å². The minimum Gasteiger partial charge on any atom is -0.468 e. The minimum absolute atomic E-state index is 0.213. The van der Waals surface area contributed by atoms with Gasteiger partial charge in [0.05, 0.1) is 6.61 Å². The van der Waals surface area contributed by atoms with Gasteiger partial charge in [-0.15, -0.1) is 0 Å². The highest BCUT2D eigenvalue weighted by molar-refractivity contribution is 5.40. The molecule has 2 aliphatic carbocycles. The van der Waals surface area contributed by atoms with Crippen LogP contribution in [0.15, 0.2) is 18.2 Å². The summed E-state index contributed by atoms with van der Waals surface area (Å²) in [5.41, 5.74) is 8.60. The average Bonchev–Trinajstić information content (AvgIpc) is 3.10. The molecule has 0 aromatic heterocycles. The first-order valence-electron chi connectivity index (χ1n) is 6.42. The van der Waals surface area contributed by atoms with Gasteiger partial charge in [0.1, 0.15) is 5.75 Å². The molecule has 0 heterocycles. The molecule has 1 saturated carbocycles. The van der Waals surface area contributed by atoms with Crippen LogP contribution in [0.3, 0.4) is 0 Å². The van der Waals surface area contributed by atoms with Crippen molar-refractivity contribution < 1.29 is 9.47 Å². The van der Waals surface area contributed by atoms with E-state index < -0.39 is 0 Å². The third-order valence-electron chi connectivity index (χ3n) is 3.60. The highest BCUT2D eigenvalue weighted by Gasteiger charge is 2.21. The molecular formula is C14H19NO2. The van der Waals surface area contributed by atoms with Gasteiger partial charge in [0.2, 0.25) is 0 Å². The molecule has 1 fully saturated rings. The second kappa shape index (κ2) is 4.67. The lowest BCUT2D eigenvalue weighted by Gasteiger charge is -2.09. The Morgan fingerprint density at radius 2 is 2.12 bits per heavy atom. The maximum atomic E-state index is 5.99. The molecule has 0 bridgehead atoms. The average molecular weight is 233 g/mol. The number of benzene rings is 1. The predicted molar refractivity (Wildman–Crippen MR) is 65.9 cm³/mol. The normalized spacial score (nSPS) is 22.5. The number of hydrogen-bond acceptors (Lipinski definition) is 3. The second-order valence-corrected chi connectivity index (χ2v) is 5.08. The Kier molecular flexibility index (Phi) is 3.04. The lowest BCUT2D eigenvalue weighted by atomic mass is 10.1. The van der Waals surface area contributed by atoms with E-state index in [0.717, 1.165) is 31.1 Å². The molecule has 3 heteroatoms. The van der Waals surface area contributed by atoms with Crippen molar-refractivity contribution in [3.63, 3.8) is 0 Å². The number of hydrogen-bond donors (Lipinski definition) is 1. The molecule has 17 heavy (non-hydrogen) atoms. The molecule has 2 N–H and O–H groups in total. The summed E-state index contributed by atoms with van der Waals surface area (Å²) in [6.07, 6.45) is 4.75. The third-order valence-corrected chi connectivity index (χ3v) is 3.60. The van der Waals surface area contributed by atoms with Gasteiger partial charge >= 0.3 is 0 Å². The van der Waals surface area contributed by atoms with E-state index >= 15 is 0 Å². The molecule has 0 radical (unpaired) electrons. The first kappa shape index (κ1) is 11.1. The van der Waals surface area contributed by atoms with Gasteiger partial charge in [-0.25, -0.2) is 0 Å². The van der Waals surface area contributed by atoms with Crippen molar-refractivity contribution in [1.82, 2.24) is 0 Å². The number of aryl methyl sites for hydroxylation is 1. The van der Waals surface area contributed by atoms with Gasteiger partial charge in [0.25, 0.3) is 0 Å². The molecule has 92 valence electrons. The fourth-order valence-corrected chi connectivity index (χ4v) is 2.33. The summed E-state index contributed by atoms with van der Waals surface area (Å²) in [5.74, 6) is 1.69. The maximum absolute atomic E-state index is 5.99. The van der Waals surface area contributed by atoms with Crippen molar-refractivity contribution in [3.05, 3.63) is 29.3 Å². The summed E-state index contributed by atoms with van der Waals surface area (Å²) in [6, 6.07) is 6.39. The third kappa shape index (κ3) is 2.61. The van der Waals surface area contributed by atoms with E-state index in [4.69, 9.17) is 15.2 Å². The van der Waals surface area contributed by atoms with E-state index in [0.29, 0.717) is 6.79 Å². The maximum Gasteiger partial charge on any atom is 0.189 e. The van der Waals surface area contributed by atoms with Gasteiger partial charge in [-0.05, 0) is 54.9 Å². The molecule has 1 aromatic carbocycles. The van der Waals surface area contributed by atoms with Crippen molar-refractivity contribution in [2.24, 2.45) is 11.7 Å². The highest BCUT2D eigenvalue weighted by Crippen LogP contribution is 2.32. The topological polar surface area (TPSA) is 44.5 Å². The predicted octanol–water partition coefficient (Wildman–Crippen LogP) is 2.40. The number of fused-ring (bicyclic) bond motifs is 1. The van der Waals surface area contributed by atoms with Crippen LogP contribution in [0.1, 0.15) is 36.4 Å². The Balaban J connectivity index is 1.52. The highest BCUT2D eigenvalue weighted by atomic mass is 16.7. The fourth-order valence-electron chi connectivity index (χ4n) is 2.33. The summed E-state index contributed by atoms with van der Waals surface area (Å²) in [6.45, 7) is 1.21. The van der Waals surface area contributed by atoms with Crippen LogP contribution in [0, 0.1) is 5.92 Å². The quantitative estimate of drug-likeness (QED) is 0.627. The van der Waals surface area contributed by atoms with Crippen LogP contribution < -0.4 is 10.5 Å². The lowest BCUT2D eigenvalue weighted by Crippen LogP contribution is -2.06. The molecule has 3 nitrogen and oxygen atoms in total. The van der Waals surface area contributed by atoms with Crippen LogP contribution in [0.2, 0.25) is 0 Å². The zero-order valence-electron chi connectivity index (χ0n) is 10.0. The van der Waals surface area contributed by atoms with E-state index in [1.54, 1.807) is 0 Å². The number of rotatable bonds is 5. The Hall–Kier alpha value is -1.06. The number of nitrogens with two attached hydrogens (primary N) is 1. The van der Waals surface area contributed by atoms with E-state index in [9.17, 15) is 0 Å². The van der Waals surface area contributed by atoms with Gasteiger partial charge in [0, 0.05) is 6.04 Å². The molecule has 1 atom stereocenters. The van der Waals surface area contributed by atoms with Gasteiger partial charge in [-0.3, -0.25) is 0 Å². The molecule has 0 amide bonds. The Morgan fingerprint density at radius 3 is 2.94 bits per heavy atom. The van der Waals surface area contributed by atoms with E-state index in [1.165, 1.54) is 24.0 Å². The van der Waals surface area contributed by atoms with Crippen molar-refractivity contribution in [2.75, 3.05) is 13.4 Å². The summed E-state index contributed by atoms with van der Waals surface area (Å²) < 4.78 is 11.0. The largest absolute Gasteiger partial charge is 0.468 e. The van der Waals surface area contributed by atoms with Crippen LogP contribution in [0.4, 0.5) is 0 Å². The molecule has 2 aliphatic rings. The fraction of sp³-hybridized carbons (Fsp3) is 0.571. The smallest absolute Gasteiger partial charge is 0.189 e. The van der Waals surface area contributed by atoms with Crippen molar-refractivity contribution >= 4 is 0 Å². The summed E-state index contributed by atoms with van der Waals surface area (Å²) in [4.78, 5) is 0. The summed E-state index contributed by atoms with van der Waals surface area (Å²) in [5, 5.41) is 0. The Morgan fingerprint density at radius 1 is 1.24 bits per heavy atom. The molecule has 0 saturated heterocycles. The van der Waals surface area contributed by atoms with Gasteiger partial charge in [-0.2, -0.15) is 0 Å². The van der Waals surface area contributed by atoms with Gasteiger partial charge < -0.3 is 15.2 Å². The minimum atomic E-state index is 0.213. The van der Waals surface area contributed by atoms with Crippen LogP contribution in [0.25, 0.3) is 0 Å². The Bertz CT molecular complexity index is 401. The molecule has 1 aromatic rings. The zero-order valence-corrected chi connectivity index (χ0v) is 10.0. The van der Waals surface area contributed by atoms with E-state index in [1.807, 2.05) is 6.07 Å². The van der Waals surface area contributed by atoms with Crippen LogP contribution >= 0.6 is 0 Å². The van der Waals surface area contributed by atoms with Gasteiger partial charge in [0.15, 0.2) is 6.79 Å². The summed E-state index contributed by atoms with van der Waals surface area (Å²) >= 11 is 0. The number of ether oxygens (including phenoxy) is 2. The SMILES string of the molecule is NC1CCc2cc(OCOCC3CC3)ccc21. The van der Waals surface area contributed by atoms with Crippen molar-refractivity contribution in [2.45, 2.75) is 31.7 Å². The molecule has 0 spiro atoms. The molecule has 3 rings (SSSR count). The monoisotopic (exact) mass is 233 g/mol. The first-order chi connectivity index (χ1) is 8.33. The second-order valence-electron chi connectivity index (χ2n) is 5.08. The standard InChI is InChI=1S/C14H19NO2/c15-14-6-3-11-7-12(4-5-13(11)14)17-9-16-8-10-1-2-10/h4-5,7,10,14H,1-3,6,8-9,15H2. The van der Waals surface area contributed by atoms with Crippen molar-refractivity contribution in [3.8, 4) is 5.75 Å². The lowest BCUT2D eigenvalue weighted by molar-refractivity contribution is 0.00995. The van der Waals surface area contributed by atoms with E-state index in [-0.39, 0.29) is 6.04 Å². The van der Waals surface area contributed by atoms with Crippen LogP contribution in [-0.2, 0) is 11.2 Å². The first-order valence-corrected chi connectivity index (χ1v) is 6.42. The molecular weight excluding hydrogens is 214 g/mol. The summed E-state index contributed by atoms with van der Waals surface area (Å²) in [7, 11) is 0. The van der Waals surface area contributed by atoms with Crippen molar-refractivity contribution in [1.29, 1.82) is 0 Å². The van der Waals surface area contributed by atoms with E-state index in [2.05, 4.69) is 12.1 Å². The van der Waals surface area contributed by atoms with Gasteiger partial charge in [-0.1, -0.05) is 6.07 Å². The van der Waals surface area contributed by atoms with Crippen LogP contribution in [0.5, 0.6) is 5.75 Å². The van der Waals surface area contributed by atoms with Crippen LogP contribution in [-0.4, -0.2) is 13.4 Å².